The molecule has 138 valence electrons. The number of hydrogen-bond donors (Lipinski definition) is 2. The summed E-state index contributed by atoms with van der Waals surface area (Å²) in [5.74, 6) is -0.773. The van der Waals surface area contributed by atoms with Crippen LogP contribution < -0.4 is 10.0 Å². The number of halogens is 1. The van der Waals surface area contributed by atoms with Gasteiger partial charge in [-0.3, -0.25) is 9.52 Å². The van der Waals surface area contributed by atoms with Gasteiger partial charge in [-0.05, 0) is 48.0 Å². The molecular formula is C20H17FN2O3S. The normalized spacial score (nSPS) is 11.0. The second-order valence-corrected chi connectivity index (χ2v) is 7.49. The largest absolute Gasteiger partial charge is 0.348 e. The number of benzene rings is 3. The summed E-state index contributed by atoms with van der Waals surface area (Å²) in [5, 5.41) is 2.69. The Bertz CT molecular complexity index is 1040. The molecule has 0 spiro atoms. The van der Waals surface area contributed by atoms with Crippen molar-refractivity contribution in [1.29, 1.82) is 0 Å². The van der Waals surface area contributed by atoms with Gasteiger partial charge in [0.05, 0.1) is 4.90 Å². The summed E-state index contributed by atoms with van der Waals surface area (Å²) in [7, 11) is -3.81. The standard InChI is InChI=1S/C20H17FN2O3S/c21-17-11-9-15(10-12-17)14-22-20(24)16-5-4-8-19(13-16)27(25,26)23-18-6-2-1-3-7-18/h1-13,23H,14H2,(H,22,24). The molecule has 0 fully saturated rings. The fraction of sp³-hybridized carbons (Fsp3) is 0.0500. The van der Waals surface area contributed by atoms with Gasteiger partial charge in [0, 0.05) is 17.8 Å². The molecule has 0 aliphatic heterocycles. The van der Waals surface area contributed by atoms with Gasteiger partial charge >= 0.3 is 0 Å². The Morgan fingerprint density at radius 2 is 1.59 bits per heavy atom. The van der Waals surface area contributed by atoms with Crippen LogP contribution in [0.5, 0.6) is 0 Å². The van der Waals surface area contributed by atoms with Gasteiger partial charge in [0.15, 0.2) is 0 Å². The first-order valence-electron chi connectivity index (χ1n) is 8.15. The molecule has 0 bridgehead atoms. The maximum absolute atomic E-state index is 12.9. The fourth-order valence-corrected chi connectivity index (χ4v) is 3.52. The van der Waals surface area contributed by atoms with Crippen LogP contribution in [-0.4, -0.2) is 14.3 Å². The third-order valence-corrected chi connectivity index (χ3v) is 5.18. The van der Waals surface area contributed by atoms with E-state index in [0.717, 1.165) is 5.56 Å². The maximum Gasteiger partial charge on any atom is 0.261 e. The predicted molar refractivity (Wildman–Crippen MR) is 101 cm³/mol. The van der Waals surface area contributed by atoms with E-state index in [1.807, 2.05) is 0 Å². The quantitative estimate of drug-likeness (QED) is 0.682. The topological polar surface area (TPSA) is 75.3 Å². The van der Waals surface area contributed by atoms with Crippen LogP contribution in [0, 0.1) is 5.82 Å². The van der Waals surface area contributed by atoms with E-state index < -0.39 is 15.9 Å². The molecule has 0 saturated carbocycles. The number of carbonyl (C=O) groups is 1. The average Bonchev–Trinajstić information content (AvgIpc) is 2.68. The summed E-state index contributed by atoms with van der Waals surface area (Å²) in [6.07, 6.45) is 0. The van der Waals surface area contributed by atoms with Crippen molar-refractivity contribution in [3.05, 3.63) is 95.8 Å². The summed E-state index contributed by atoms with van der Waals surface area (Å²) in [6, 6.07) is 20.0. The highest BCUT2D eigenvalue weighted by Crippen LogP contribution is 2.17. The summed E-state index contributed by atoms with van der Waals surface area (Å²) in [4.78, 5) is 12.3. The lowest BCUT2D eigenvalue weighted by atomic mass is 10.2. The molecule has 1 amide bonds. The molecule has 3 aromatic carbocycles. The van der Waals surface area contributed by atoms with Gasteiger partial charge < -0.3 is 5.32 Å². The van der Waals surface area contributed by atoms with Crippen LogP contribution in [-0.2, 0) is 16.6 Å². The number of nitrogens with one attached hydrogen (secondary N) is 2. The van der Waals surface area contributed by atoms with Gasteiger partial charge in [0.2, 0.25) is 0 Å². The molecule has 0 unspecified atom stereocenters. The molecule has 0 heterocycles. The van der Waals surface area contributed by atoms with E-state index in [9.17, 15) is 17.6 Å². The second-order valence-electron chi connectivity index (χ2n) is 5.81. The zero-order chi connectivity index (χ0) is 19.3. The molecule has 3 aromatic rings. The summed E-state index contributed by atoms with van der Waals surface area (Å²) in [5.41, 5.74) is 1.39. The molecule has 0 aromatic heterocycles. The van der Waals surface area contributed by atoms with E-state index >= 15 is 0 Å². The Balaban J connectivity index is 1.72. The van der Waals surface area contributed by atoms with Crippen molar-refractivity contribution in [2.75, 3.05) is 4.72 Å². The lowest BCUT2D eigenvalue weighted by Crippen LogP contribution is -2.23. The Kier molecular flexibility index (Phi) is 5.52. The molecule has 0 radical (unpaired) electrons. The lowest BCUT2D eigenvalue weighted by Gasteiger charge is -2.10. The Hall–Kier alpha value is -3.19. The minimum atomic E-state index is -3.81. The minimum Gasteiger partial charge on any atom is -0.348 e. The van der Waals surface area contributed by atoms with Gasteiger partial charge in [-0.1, -0.05) is 36.4 Å². The minimum absolute atomic E-state index is 0.0132. The van der Waals surface area contributed by atoms with E-state index in [1.54, 1.807) is 42.5 Å². The lowest BCUT2D eigenvalue weighted by molar-refractivity contribution is 0.0950. The summed E-state index contributed by atoms with van der Waals surface area (Å²) < 4.78 is 40.4. The number of carbonyl (C=O) groups excluding carboxylic acids is 1. The van der Waals surface area contributed by atoms with Gasteiger partial charge in [0.25, 0.3) is 15.9 Å². The van der Waals surface area contributed by atoms with Crippen molar-refractivity contribution in [1.82, 2.24) is 5.32 Å². The first-order chi connectivity index (χ1) is 12.9. The van der Waals surface area contributed by atoms with Gasteiger partial charge in [-0.25, -0.2) is 12.8 Å². The van der Waals surface area contributed by atoms with Crippen LogP contribution >= 0.6 is 0 Å². The van der Waals surface area contributed by atoms with Crippen molar-refractivity contribution in [3.63, 3.8) is 0 Å². The highest BCUT2D eigenvalue weighted by Gasteiger charge is 2.16. The zero-order valence-electron chi connectivity index (χ0n) is 14.2. The van der Waals surface area contributed by atoms with Crippen molar-refractivity contribution < 1.29 is 17.6 Å². The first kappa shape index (κ1) is 18.6. The number of anilines is 1. The highest BCUT2D eigenvalue weighted by atomic mass is 32.2. The van der Waals surface area contributed by atoms with Crippen LogP contribution in [0.4, 0.5) is 10.1 Å². The number of amides is 1. The van der Waals surface area contributed by atoms with E-state index in [1.165, 1.54) is 36.4 Å². The van der Waals surface area contributed by atoms with Crippen molar-refractivity contribution in [2.24, 2.45) is 0 Å². The third kappa shape index (κ3) is 4.92. The number of rotatable bonds is 6. The molecule has 2 N–H and O–H groups in total. The smallest absolute Gasteiger partial charge is 0.261 e. The molecule has 0 atom stereocenters. The molecule has 7 heteroatoms. The molecule has 3 rings (SSSR count). The van der Waals surface area contributed by atoms with Gasteiger partial charge in [-0.15, -0.1) is 0 Å². The summed E-state index contributed by atoms with van der Waals surface area (Å²) in [6.45, 7) is 0.207. The predicted octanol–water partition coefficient (Wildman–Crippen LogP) is 3.56. The van der Waals surface area contributed by atoms with E-state index in [0.29, 0.717) is 5.69 Å². The van der Waals surface area contributed by atoms with Gasteiger partial charge in [0.1, 0.15) is 5.82 Å². The van der Waals surface area contributed by atoms with Crippen molar-refractivity contribution in [2.45, 2.75) is 11.4 Å². The Morgan fingerprint density at radius 1 is 0.889 bits per heavy atom. The van der Waals surface area contributed by atoms with Gasteiger partial charge in [-0.2, -0.15) is 0 Å². The molecule has 0 aliphatic rings. The molecule has 0 saturated heterocycles. The number of hydrogen-bond acceptors (Lipinski definition) is 3. The zero-order valence-corrected chi connectivity index (χ0v) is 15.0. The van der Waals surface area contributed by atoms with Crippen LogP contribution in [0.3, 0.4) is 0 Å². The van der Waals surface area contributed by atoms with E-state index in [2.05, 4.69) is 10.0 Å². The molecule has 27 heavy (non-hydrogen) atoms. The summed E-state index contributed by atoms with van der Waals surface area (Å²) >= 11 is 0. The fourth-order valence-electron chi connectivity index (χ4n) is 2.41. The SMILES string of the molecule is O=C(NCc1ccc(F)cc1)c1cccc(S(=O)(=O)Nc2ccccc2)c1. The molecular weight excluding hydrogens is 367 g/mol. The Labute approximate surface area is 156 Å². The third-order valence-electron chi connectivity index (χ3n) is 3.80. The van der Waals surface area contributed by atoms with Crippen LogP contribution in [0.15, 0.2) is 83.8 Å². The van der Waals surface area contributed by atoms with Crippen molar-refractivity contribution in [3.8, 4) is 0 Å². The number of sulfonamides is 1. The van der Waals surface area contributed by atoms with Crippen LogP contribution in [0.2, 0.25) is 0 Å². The van der Waals surface area contributed by atoms with Crippen LogP contribution in [0.1, 0.15) is 15.9 Å². The molecule has 0 aliphatic carbocycles. The average molecular weight is 384 g/mol. The first-order valence-corrected chi connectivity index (χ1v) is 9.63. The highest BCUT2D eigenvalue weighted by molar-refractivity contribution is 7.92. The molecule has 5 nitrogen and oxygen atoms in total. The number of para-hydroxylation sites is 1. The van der Waals surface area contributed by atoms with E-state index in [-0.39, 0.29) is 22.8 Å². The Morgan fingerprint density at radius 3 is 2.30 bits per heavy atom. The van der Waals surface area contributed by atoms with Crippen molar-refractivity contribution >= 4 is 21.6 Å². The second kappa shape index (κ2) is 8.01. The van der Waals surface area contributed by atoms with Crippen LogP contribution in [0.25, 0.3) is 0 Å². The van der Waals surface area contributed by atoms with E-state index in [4.69, 9.17) is 0 Å². The maximum atomic E-state index is 12.9. The monoisotopic (exact) mass is 384 g/mol.